The van der Waals surface area contributed by atoms with E-state index in [9.17, 15) is 68.4 Å². The average molecular weight is 1160 g/mol. The lowest BCUT2D eigenvalue weighted by atomic mass is 10.1. The zero-order chi connectivity index (χ0) is 62.6. The smallest absolute Gasteiger partial charge is 0.242 e. The maximum atomic E-state index is 14.4. The molecule has 25 nitrogen and oxygen atoms in total. The van der Waals surface area contributed by atoms with Crippen molar-refractivity contribution >= 4 is 59.1 Å². The van der Waals surface area contributed by atoms with Crippen LogP contribution >= 0.6 is 0 Å². The van der Waals surface area contributed by atoms with E-state index in [2.05, 4.69) is 5.32 Å². The molecule has 0 aliphatic rings. The van der Waals surface area contributed by atoms with Crippen molar-refractivity contribution in [2.45, 2.75) is 135 Å². The zero-order valence-corrected chi connectivity index (χ0v) is 51.9. The van der Waals surface area contributed by atoms with E-state index in [1.807, 2.05) is 55.4 Å². The lowest BCUT2D eigenvalue weighted by Crippen LogP contribution is -2.55. The van der Waals surface area contributed by atoms with E-state index in [0.29, 0.717) is 6.54 Å². The number of amides is 10. The first-order valence-corrected chi connectivity index (χ1v) is 28.6. The van der Waals surface area contributed by atoms with Gasteiger partial charge >= 0.3 is 0 Å². The summed E-state index contributed by atoms with van der Waals surface area (Å²) >= 11 is 0. The highest BCUT2D eigenvalue weighted by Crippen LogP contribution is 2.12. The Morgan fingerprint density at radius 1 is 0.284 bits per heavy atom. The summed E-state index contributed by atoms with van der Waals surface area (Å²) in [5.41, 5.74) is 5.42. The number of aliphatic hydroxyl groups is 4. The molecule has 0 fully saturated rings. The van der Waals surface area contributed by atoms with Gasteiger partial charge in [-0.1, -0.05) is 83.1 Å². The van der Waals surface area contributed by atoms with Gasteiger partial charge < -0.3 is 75.6 Å². The van der Waals surface area contributed by atoms with E-state index in [1.165, 1.54) is 52.2 Å². The van der Waals surface area contributed by atoms with E-state index < -0.39 is 123 Å². The molecule has 0 aliphatic carbocycles. The number of nitrogens with zero attached hydrogens (tertiary/aromatic N) is 9. The van der Waals surface area contributed by atoms with Crippen LogP contribution in [0.4, 0.5) is 0 Å². The molecule has 468 valence electrons. The lowest BCUT2D eigenvalue weighted by molar-refractivity contribution is -0.150. The SMILES string of the molecule is CC(C)CNCC(=O)N(CC(=O)N(CC(=O)N(CC(=O)N(CC(=O)N(CC(=O)N(CC(=O)N(CC(=O)N(CC(=O)N(CC(N)=O)CC(C)C)CC(C)C)CC(C)O)CC(C)O)CC(C)C)CC(C)C)CC(C)O)CC(C)O)CC(C)C. The van der Waals surface area contributed by atoms with Gasteiger partial charge in [-0.25, -0.2) is 0 Å². The normalized spacial score (nSPS) is 13.0. The summed E-state index contributed by atoms with van der Waals surface area (Å²) in [6, 6.07) is 0. The van der Waals surface area contributed by atoms with Crippen LogP contribution in [0.2, 0.25) is 0 Å². The molecule has 4 unspecified atom stereocenters. The van der Waals surface area contributed by atoms with Crippen molar-refractivity contribution in [2.24, 2.45) is 41.2 Å². The van der Waals surface area contributed by atoms with Gasteiger partial charge in [-0.05, 0) is 69.7 Å². The third-order valence-electron chi connectivity index (χ3n) is 11.8. The number of carbonyl (C=O) groups is 10. The third-order valence-corrected chi connectivity index (χ3v) is 11.8. The van der Waals surface area contributed by atoms with E-state index in [-0.39, 0.29) is 120 Å². The van der Waals surface area contributed by atoms with E-state index in [4.69, 9.17) is 5.73 Å². The molecule has 0 aromatic carbocycles. The Bertz CT molecular complexity index is 2000. The molecule has 0 aromatic rings. The largest absolute Gasteiger partial charge is 0.392 e. The molecule has 0 radical (unpaired) electrons. The number of aliphatic hydroxyl groups excluding tert-OH is 4. The van der Waals surface area contributed by atoms with Gasteiger partial charge in [0.2, 0.25) is 59.1 Å². The molecule has 0 heterocycles. The van der Waals surface area contributed by atoms with Crippen molar-refractivity contribution in [3.8, 4) is 0 Å². The molecule has 4 atom stereocenters. The number of nitrogens with one attached hydrogen (secondary N) is 1. The molecule has 0 spiro atoms. The molecule has 10 amide bonds. The minimum Gasteiger partial charge on any atom is -0.392 e. The number of carbonyl (C=O) groups excluding carboxylic acids is 10. The maximum absolute atomic E-state index is 14.4. The van der Waals surface area contributed by atoms with Gasteiger partial charge in [0.25, 0.3) is 0 Å². The predicted octanol–water partition coefficient (Wildman–Crippen LogP) is -1.02. The Morgan fingerprint density at radius 2 is 0.457 bits per heavy atom. The fraction of sp³-hybridized carbons (Fsp3) is 0.821. The molecule has 0 saturated carbocycles. The first kappa shape index (κ1) is 75.5. The van der Waals surface area contributed by atoms with Gasteiger partial charge in [0.1, 0.15) is 0 Å². The molecule has 7 N–H and O–H groups in total. The predicted molar refractivity (Wildman–Crippen MR) is 307 cm³/mol. The molecule has 0 rings (SSSR count). The van der Waals surface area contributed by atoms with Gasteiger partial charge in [-0.3, -0.25) is 47.9 Å². The van der Waals surface area contributed by atoms with Gasteiger partial charge in [-0.2, -0.15) is 0 Å². The van der Waals surface area contributed by atoms with E-state index in [1.54, 1.807) is 27.7 Å². The summed E-state index contributed by atoms with van der Waals surface area (Å²) in [6.45, 7) is 22.9. The van der Waals surface area contributed by atoms with Crippen molar-refractivity contribution in [1.29, 1.82) is 0 Å². The van der Waals surface area contributed by atoms with E-state index >= 15 is 0 Å². The quantitative estimate of drug-likeness (QED) is 0.0428. The number of rotatable bonds is 40. The van der Waals surface area contributed by atoms with E-state index in [0.717, 1.165) is 19.6 Å². The summed E-state index contributed by atoms with van der Waals surface area (Å²) in [5.74, 6) is -6.82. The fourth-order valence-corrected chi connectivity index (χ4v) is 8.64. The first-order valence-electron chi connectivity index (χ1n) is 28.6. The van der Waals surface area contributed by atoms with Gasteiger partial charge in [0.05, 0.1) is 89.9 Å². The van der Waals surface area contributed by atoms with Crippen molar-refractivity contribution in [3.05, 3.63) is 0 Å². The summed E-state index contributed by atoms with van der Waals surface area (Å²) < 4.78 is 0. The van der Waals surface area contributed by atoms with Crippen LogP contribution in [0.1, 0.15) is 111 Å². The van der Waals surface area contributed by atoms with Crippen LogP contribution < -0.4 is 11.1 Å². The number of hydrogen-bond donors (Lipinski definition) is 6. The first-order chi connectivity index (χ1) is 37.4. The average Bonchev–Trinajstić information content (AvgIpc) is 3.30. The van der Waals surface area contributed by atoms with Crippen molar-refractivity contribution < 1.29 is 68.4 Å². The van der Waals surface area contributed by atoms with Crippen LogP contribution in [-0.2, 0) is 47.9 Å². The molecular weight excluding hydrogens is 1050 g/mol. The second-order valence-electron chi connectivity index (χ2n) is 24.3. The van der Waals surface area contributed by atoms with Crippen LogP contribution in [0.25, 0.3) is 0 Å². The maximum Gasteiger partial charge on any atom is 0.242 e. The van der Waals surface area contributed by atoms with Crippen molar-refractivity contribution in [1.82, 2.24) is 49.4 Å². The Balaban J connectivity index is 6.80. The van der Waals surface area contributed by atoms with Crippen LogP contribution in [0, 0.1) is 35.5 Å². The highest BCUT2D eigenvalue weighted by Gasteiger charge is 2.33. The van der Waals surface area contributed by atoms with Gasteiger partial charge in [0.15, 0.2) is 0 Å². The van der Waals surface area contributed by atoms with Crippen molar-refractivity contribution in [2.75, 3.05) is 131 Å². The summed E-state index contributed by atoms with van der Waals surface area (Å²) in [5, 5.41) is 45.1. The standard InChI is InChI=1S/C56H105N11O14/c1-37(2)17-58-18-48(73)60(20-39(5)6)29-53(78)66(26-45(15)70)35-55(80)65(25-44(14)69)34-52(77)62(22-41(9)10)31-50(75)63(23-42(11)12)32-54(79)67(27-46(16)71)36-56(81)64(24-43(13)68)33-51(76)61(21-40(7)8)30-49(74)59(19-38(3)4)28-47(57)72/h37-46,58,68-71H,17-36H2,1-16H3,(H2,57,72). The Hall–Kier alpha value is -5.50. The van der Waals surface area contributed by atoms with Gasteiger partial charge in [-0.15, -0.1) is 0 Å². The number of hydrogen-bond acceptors (Lipinski definition) is 15. The fourth-order valence-electron chi connectivity index (χ4n) is 8.64. The molecule has 0 aromatic heterocycles. The Kier molecular flexibility index (Phi) is 35.7. The minimum atomic E-state index is -1.17. The monoisotopic (exact) mass is 1160 g/mol. The van der Waals surface area contributed by atoms with Crippen molar-refractivity contribution in [3.63, 3.8) is 0 Å². The van der Waals surface area contributed by atoms with Crippen LogP contribution in [0.5, 0.6) is 0 Å². The highest BCUT2D eigenvalue weighted by molar-refractivity contribution is 5.94. The summed E-state index contributed by atoms with van der Waals surface area (Å²) in [4.78, 5) is 148. The van der Waals surface area contributed by atoms with Crippen LogP contribution in [0.3, 0.4) is 0 Å². The molecular formula is C56H105N11O14. The summed E-state index contributed by atoms with van der Waals surface area (Å²) in [6.07, 6.45) is -4.53. The van der Waals surface area contributed by atoms with Crippen LogP contribution in [0.15, 0.2) is 0 Å². The van der Waals surface area contributed by atoms with Crippen LogP contribution in [-0.4, -0.2) is 279 Å². The second-order valence-corrected chi connectivity index (χ2v) is 24.3. The Labute approximate surface area is 482 Å². The lowest BCUT2D eigenvalue weighted by Gasteiger charge is -2.34. The molecule has 81 heavy (non-hydrogen) atoms. The highest BCUT2D eigenvalue weighted by atomic mass is 16.3. The Morgan fingerprint density at radius 3 is 0.617 bits per heavy atom. The van der Waals surface area contributed by atoms with Gasteiger partial charge in [0, 0.05) is 58.9 Å². The molecule has 25 heteroatoms. The topological polar surface area (TPSA) is 319 Å². The molecule has 0 aliphatic heterocycles. The molecule has 0 saturated heterocycles. The second kappa shape index (κ2) is 38.3. The third kappa shape index (κ3) is 33.3. The molecule has 0 bridgehead atoms. The number of primary amides is 1. The summed E-state index contributed by atoms with van der Waals surface area (Å²) in [7, 11) is 0. The zero-order valence-electron chi connectivity index (χ0n) is 51.9. The number of nitrogens with two attached hydrogens (primary N) is 1. The minimum absolute atomic E-state index is 0.00176.